The highest BCUT2D eigenvalue weighted by molar-refractivity contribution is 5.47. The molecule has 4 heteroatoms. The SMILES string of the molecule is CCCc1ccc(C(C)Nc2cc(F)c(F)cc2F)cc1. The van der Waals surface area contributed by atoms with Crippen LogP contribution in [0.1, 0.15) is 37.4 Å². The summed E-state index contributed by atoms with van der Waals surface area (Å²) in [7, 11) is 0. The minimum absolute atomic E-state index is 0.0426. The van der Waals surface area contributed by atoms with E-state index < -0.39 is 17.5 Å². The van der Waals surface area contributed by atoms with Crippen LogP contribution < -0.4 is 5.32 Å². The van der Waals surface area contributed by atoms with Gasteiger partial charge in [-0.05, 0) is 24.5 Å². The Morgan fingerprint density at radius 1 is 0.952 bits per heavy atom. The van der Waals surface area contributed by atoms with Gasteiger partial charge in [0, 0.05) is 18.2 Å². The molecule has 1 atom stereocenters. The molecule has 0 aromatic heterocycles. The van der Waals surface area contributed by atoms with Gasteiger partial charge in [0.25, 0.3) is 0 Å². The van der Waals surface area contributed by atoms with Crippen LogP contribution in [0.3, 0.4) is 0 Å². The molecule has 112 valence electrons. The van der Waals surface area contributed by atoms with Crippen LogP contribution in [0.15, 0.2) is 36.4 Å². The number of benzene rings is 2. The summed E-state index contributed by atoms with van der Waals surface area (Å²) in [6.07, 6.45) is 2.09. The van der Waals surface area contributed by atoms with E-state index in [2.05, 4.69) is 12.2 Å². The second-order valence-corrected chi connectivity index (χ2v) is 5.10. The van der Waals surface area contributed by atoms with Crippen molar-refractivity contribution in [2.45, 2.75) is 32.7 Å². The molecule has 0 radical (unpaired) electrons. The quantitative estimate of drug-likeness (QED) is 0.744. The highest BCUT2D eigenvalue weighted by atomic mass is 19.2. The Balaban J connectivity index is 2.14. The van der Waals surface area contributed by atoms with Crippen LogP contribution in [0.4, 0.5) is 18.9 Å². The third-order valence-corrected chi connectivity index (χ3v) is 3.40. The van der Waals surface area contributed by atoms with Gasteiger partial charge in [-0.3, -0.25) is 0 Å². The van der Waals surface area contributed by atoms with Crippen molar-refractivity contribution in [1.82, 2.24) is 0 Å². The van der Waals surface area contributed by atoms with Crippen LogP contribution in [-0.2, 0) is 6.42 Å². The second kappa shape index (κ2) is 6.66. The van der Waals surface area contributed by atoms with Gasteiger partial charge in [-0.25, -0.2) is 13.2 Å². The standard InChI is InChI=1S/C17H18F3N/c1-3-4-12-5-7-13(8-6-12)11(2)21-17-10-15(19)14(18)9-16(17)20/h5-11,21H,3-4H2,1-2H3. The molecule has 2 aromatic carbocycles. The highest BCUT2D eigenvalue weighted by Gasteiger charge is 2.12. The van der Waals surface area contributed by atoms with Gasteiger partial charge in [0.1, 0.15) is 5.82 Å². The zero-order chi connectivity index (χ0) is 15.4. The van der Waals surface area contributed by atoms with Crippen molar-refractivity contribution in [2.24, 2.45) is 0 Å². The van der Waals surface area contributed by atoms with Gasteiger partial charge in [-0.1, -0.05) is 37.6 Å². The minimum Gasteiger partial charge on any atom is -0.376 e. The zero-order valence-electron chi connectivity index (χ0n) is 12.1. The number of rotatable bonds is 5. The summed E-state index contributed by atoms with van der Waals surface area (Å²) in [5.41, 5.74) is 2.16. The van der Waals surface area contributed by atoms with E-state index in [4.69, 9.17) is 0 Å². The van der Waals surface area contributed by atoms with E-state index in [9.17, 15) is 13.2 Å². The first-order chi connectivity index (χ1) is 10.0. The summed E-state index contributed by atoms with van der Waals surface area (Å²) in [4.78, 5) is 0. The van der Waals surface area contributed by atoms with Crippen LogP contribution in [0.5, 0.6) is 0 Å². The molecule has 0 spiro atoms. The molecule has 2 rings (SSSR count). The number of halogens is 3. The average Bonchev–Trinajstić information content (AvgIpc) is 2.46. The fourth-order valence-corrected chi connectivity index (χ4v) is 2.21. The fraction of sp³-hybridized carbons (Fsp3) is 0.294. The van der Waals surface area contributed by atoms with Crippen LogP contribution in [0, 0.1) is 17.5 Å². The van der Waals surface area contributed by atoms with E-state index in [1.54, 1.807) is 0 Å². The summed E-state index contributed by atoms with van der Waals surface area (Å²) in [6, 6.07) is 9.15. The van der Waals surface area contributed by atoms with E-state index in [-0.39, 0.29) is 11.7 Å². The molecule has 1 unspecified atom stereocenters. The normalized spacial score (nSPS) is 12.2. The molecule has 0 saturated carbocycles. The van der Waals surface area contributed by atoms with Crippen molar-refractivity contribution in [2.75, 3.05) is 5.32 Å². The lowest BCUT2D eigenvalue weighted by molar-refractivity contribution is 0.495. The molecular formula is C17H18F3N. The molecule has 0 aliphatic carbocycles. The van der Waals surface area contributed by atoms with Crippen LogP contribution >= 0.6 is 0 Å². The van der Waals surface area contributed by atoms with Crippen LogP contribution in [0.25, 0.3) is 0 Å². The predicted octanol–water partition coefficient (Wildman–Crippen LogP) is 5.23. The average molecular weight is 293 g/mol. The molecule has 0 aliphatic heterocycles. The van der Waals surface area contributed by atoms with E-state index in [0.717, 1.165) is 24.5 Å². The van der Waals surface area contributed by atoms with Gasteiger partial charge >= 0.3 is 0 Å². The van der Waals surface area contributed by atoms with Crippen molar-refractivity contribution < 1.29 is 13.2 Å². The van der Waals surface area contributed by atoms with Gasteiger partial charge in [-0.2, -0.15) is 0 Å². The maximum atomic E-state index is 13.6. The third kappa shape index (κ3) is 3.78. The smallest absolute Gasteiger partial charge is 0.161 e. The zero-order valence-corrected chi connectivity index (χ0v) is 12.1. The molecule has 0 fully saturated rings. The Morgan fingerprint density at radius 2 is 1.57 bits per heavy atom. The molecule has 1 N–H and O–H groups in total. The highest BCUT2D eigenvalue weighted by Crippen LogP contribution is 2.24. The molecule has 0 bridgehead atoms. The molecule has 0 saturated heterocycles. The van der Waals surface area contributed by atoms with E-state index in [1.165, 1.54) is 5.56 Å². The largest absolute Gasteiger partial charge is 0.376 e. The van der Waals surface area contributed by atoms with Crippen molar-refractivity contribution in [3.05, 3.63) is 65.0 Å². The minimum atomic E-state index is -1.19. The van der Waals surface area contributed by atoms with Crippen molar-refractivity contribution >= 4 is 5.69 Å². The molecule has 2 aromatic rings. The first kappa shape index (κ1) is 15.4. The molecule has 1 nitrogen and oxygen atoms in total. The van der Waals surface area contributed by atoms with E-state index in [0.29, 0.717) is 6.07 Å². The van der Waals surface area contributed by atoms with Gasteiger partial charge < -0.3 is 5.32 Å². The summed E-state index contributed by atoms with van der Waals surface area (Å²) in [6.45, 7) is 3.96. The Bertz CT molecular complexity index is 608. The maximum Gasteiger partial charge on any atom is 0.161 e. The Hall–Kier alpha value is -1.97. The Labute approximate surface area is 122 Å². The van der Waals surface area contributed by atoms with Gasteiger partial charge in [0.2, 0.25) is 0 Å². The molecule has 21 heavy (non-hydrogen) atoms. The number of hydrogen-bond donors (Lipinski definition) is 1. The first-order valence-corrected chi connectivity index (χ1v) is 7.01. The van der Waals surface area contributed by atoms with Crippen molar-refractivity contribution in [1.29, 1.82) is 0 Å². The van der Waals surface area contributed by atoms with Crippen LogP contribution in [0.2, 0.25) is 0 Å². The van der Waals surface area contributed by atoms with Gasteiger partial charge in [0.05, 0.1) is 5.69 Å². The fourth-order valence-electron chi connectivity index (χ4n) is 2.21. The number of hydrogen-bond acceptors (Lipinski definition) is 1. The van der Waals surface area contributed by atoms with Gasteiger partial charge in [0.15, 0.2) is 11.6 Å². The molecule has 0 amide bonds. The summed E-state index contributed by atoms with van der Waals surface area (Å²) in [5, 5.41) is 2.86. The lowest BCUT2D eigenvalue weighted by atomic mass is 10.0. The monoisotopic (exact) mass is 293 g/mol. The molecule has 0 aliphatic rings. The number of nitrogens with one attached hydrogen (secondary N) is 1. The van der Waals surface area contributed by atoms with Crippen molar-refractivity contribution in [3.8, 4) is 0 Å². The topological polar surface area (TPSA) is 12.0 Å². The molecule has 0 heterocycles. The molecular weight excluding hydrogens is 275 g/mol. The summed E-state index contributed by atoms with van der Waals surface area (Å²) >= 11 is 0. The number of aryl methyl sites for hydroxylation is 1. The second-order valence-electron chi connectivity index (χ2n) is 5.10. The summed E-state index contributed by atoms with van der Waals surface area (Å²) < 4.78 is 39.7. The number of anilines is 1. The lowest BCUT2D eigenvalue weighted by Crippen LogP contribution is -2.09. The van der Waals surface area contributed by atoms with Gasteiger partial charge in [-0.15, -0.1) is 0 Å². The third-order valence-electron chi connectivity index (χ3n) is 3.40. The van der Waals surface area contributed by atoms with E-state index in [1.807, 2.05) is 31.2 Å². The van der Waals surface area contributed by atoms with Crippen LogP contribution in [-0.4, -0.2) is 0 Å². The van der Waals surface area contributed by atoms with Crippen molar-refractivity contribution in [3.63, 3.8) is 0 Å². The maximum absolute atomic E-state index is 13.6. The Kier molecular flexibility index (Phi) is 4.89. The predicted molar refractivity (Wildman–Crippen MR) is 78.8 cm³/mol. The summed E-state index contributed by atoms with van der Waals surface area (Å²) in [5.74, 6) is -3.05. The van der Waals surface area contributed by atoms with E-state index >= 15 is 0 Å². The Morgan fingerprint density at radius 3 is 2.19 bits per heavy atom. The lowest BCUT2D eigenvalue weighted by Gasteiger charge is -2.17. The first-order valence-electron chi connectivity index (χ1n) is 7.01.